The molecule has 0 bridgehead atoms. The highest BCUT2D eigenvalue weighted by molar-refractivity contribution is 6.00. The lowest BCUT2D eigenvalue weighted by atomic mass is 9.96. The van der Waals surface area contributed by atoms with E-state index in [0.29, 0.717) is 19.0 Å². The summed E-state index contributed by atoms with van der Waals surface area (Å²) in [6.07, 6.45) is 2.10. The fraction of sp³-hybridized carbons (Fsp3) is 0.522. The van der Waals surface area contributed by atoms with Crippen molar-refractivity contribution < 1.29 is 9.59 Å². The van der Waals surface area contributed by atoms with Crippen LogP contribution in [0, 0.1) is 19.8 Å². The molecule has 1 aromatic carbocycles. The highest BCUT2D eigenvalue weighted by atomic mass is 16.2. The van der Waals surface area contributed by atoms with Crippen molar-refractivity contribution in [3.05, 3.63) is 47.3 Å². The third-order valence-corrected chi connectivity index (χ3v) is 5.82. The van der Waals surface area contributed by atoms with Gasteiger partial charge in [0.25, 0.3) is 0 Å². The number of benzene rings is 1. The molecule has 1 aromatic heterocycles. The Morgan fingerprint density at radius 1 is 1.31 bits per heavy atom. The molecule has 1 fully saturated rings. The second-order valence-corrected chi connectivity index (χ2v) is 8.07. The van der Waals surface area contributed by atoms with Gasteiger partial charge in [-0.05, 0) is 50.3 Å². The van der Waals surface area contributed by atoms with Crippen molar-refractivity contribution in [3.8, 4) is 0 Å². The van der Waals surface area contributed by atoms with Crippen LogP contribution in [0.5, 0.6) is 0 Å². The predicted octanol–water partition coefficient (Wildman–Crippen LogP) is 3.57. The summed E-state index contributed by atoms with van der Waals surface area (Å²) in [7, 11) is 0. The molecule has 1 N–H and O–H groups in total. The lowest BCUT2D eigenvalue weighted by Crippen LogP contribution is -2.34. The SMILES string of the molecule is CC[C@@H](C)c1ccccc1N1C[C@H](C(=O)NCCCn2nc(C)cc2C)CC1=O. The molecule has 1 aliphatic rings. The average molecular weight is 397 g/mol. The van der Waals surface area contributed by atoms with E-state index in [-0.39, 0.29) is 24.2 Å². The van der Waals surface area contributed by atoms with Gasteiger partial charge >= 0.3 is 0 Å². The first kappa shape index (κ1) is 21.1. The van der Waals surface area contributed by atoms with E-state index in [1.165, 1.54) is 5.56 Å². The van der Waals surface area contributed by atoms with E-state index < -0.39 is 0 Å². The second kappa shape index (κ2) is 9.25. The summed E-state index contributed by atoms with van der Waals surface area (Å²) in [5.74, 6) is 0.0845. The van der Waals surface area contributed by atoms with Crippen LogP contribution in [-0.2, 0) is 16.1 Å². The standard InChI is InChI=1S/C23H32N4O2/c1-5-16(2)20-9-6-7-10-21(20)26-15-19(14-22(26)28)23(29)24-11-8-12-27-18(4)13-17(3)25-27/h6-7,9-10,13,16,19H,5,8,11-12,14-15H2,1-4H3,(H,24,29)/t16-,19-/m1/s1. The van der Waals surface area contributed by atoms with Crippen LogP contribution in [0.2, 0.25) is 0 Å². The molecule has 0 unspecified atom stereocenters. The molecule has 2 heterocycles. The van der Waals surface area contributed by atoms with E-state index in [4.69, 9.17) is 0 Å². The number of nitrogens with zero attached hydrogens (tertiary/aromatic N) is 3. The summed E-state index contributed by atoms with van der Waals surface area (Å²) in [6, 6.07) is 10.1. The Morgan fingerprint density at radius 3 is 2.76 bits per heavy atom. The lowest BCUT2D eigenvalue weighted by molar-refractivity contribution is -0.126. The molecule has 6 heteroatoms. The van der Waals surface area contributed by atoms with Gasteiger partial charge in [0.1, 0.15) is 0 Å². The molecule has 29 heavy (non-hydrogen) atoms. The highest BCUT2D eigenvalue weighted by Crippen LogP contribution is 2.33. The Bertz CT molecular complexity index is 874. The van der Waals surface area contributed by atoms with Crippen LogP contribution in [0.3, 0.4) is 0 Å². The summed E-state index contributed by atoms with van der Waals surface area (Å²) in [5, 5.41) is 7.44. The van der Waals surface area contributed by atoms with Gasteiger partial charge in [-0.15, -0.1) is 0 Å². The first-order valence-electron chi connectivity index (χ1n) is 10.6. The molecular formula is C23H32N4O2. The van der Waals surface area contributed by atoms with E-state index in [1.54, 1.807) is 4.90 Å². The van der Waals surface area contributed by atoms with Crippen molar-refractivity contribution in [1.29, 1.82) is 0 Å². The van der Waals surface area contributed by atoms with E-state index in [0.717, 1.165) is 36.5 Å². The first-order valence-corrected chi connectivity index (χ1v) is 10.6. The number of amides is 2. The van der Waals surface area contributed by atoms with E-state index in [9.17, 15) is 9.59 Å². The third-order valence-electron chi connectivity index (χ3n) is 5.82. The number of nitrogens with one attached hydrogen (secondary N) is 1. The Morgan fingerprint density at radius 2 is 2.07 bits per heavy atom. The van der Waals surface area contributed by atoms with Crippen LogP contribution in [-0.4, -0.2) is 34.7 Å². The molecule has 3 rings (SSSR count). The molecule has 0 saturated carbocycles. The van der Waals surface area contributed by atoms with Crippen molar-refractivity contribution in [2.75, 3.05) is 18.0 Å². The Kier molecular flexibility index (Phi) is 6.72. The number of rotatable bonds is 8. The summed E-state index contributed by atoms with van der Waals surface area (Å²) in [6.45, 7) is 10.2. The number of hydrogen-bond acceptors (Lipinski definition) is 3. The minimum absolute atomic E-state index is 0.0311. The van der Waals surface area contributed by atoms with Crippen molar-refractivity contribution in [1.82, 2.24) is 15.1 Å². The zero-order valence-electron chi connectivity index (χ0n) is 17.9. The number of carbonyl (C=O) groups is 2. The van der Waals surface area contributed by atoms with Crippen molar-refractivity contribution in [2.24, 2.45) is 5.92 Å². The summed E-state index contributed by atoms with van der Waals surface area (Å²) < 4.78 is 1.97. The second-order valence-electron chi connectivity index (χ2n) is 8.07. The van der Waals surface area contributed by atoms with Crippen LogP contribution in [0.15, 0.2) is 30.3 Å². The van der Waals surface area contributed by atoms with Crippen molar-refractivity contribution >= 4 is 17.5 Å². The smallest absolute Gasteiger partial charge is 0.227 e. The maximum Gasteiger partial charge on any atom is 0.227 e. The topological polar surface area (TPSA) is 67.2 Å². The molecule has 0 radical (unpaired) electrons. The summed E-state index contributed by atoms with van der Waals surface area (Å²) in [4.78, 5) is 27.0. The molecule has 6 nitrogen and oxygen atoms in total. The monoisotopic (exact) mass is 396 g/mol. The normalized spacial score (nSPS) is 17.6. The molecule has 1 saturated heterocycles. The van der Waals surface area contributed by atoms with Crippen LogP contribution in [0.1, 0.15) is 56.0 Å². The molecule has 2 amide bonds. The molecule has 0 aliphatic carbocycles. The Balaban J connectivity index is 1.55. The minimum atomic E-state index is -0.291. The number of carbonyl (C=O) groups excluding carboxylic acids is 2. The van der Waals surface area contributed by atoms with Gasteiger partial charge in [0.2, 0.25) is 11.8 Å². The van der Waals surface area contributed by atoms with Gasteiger partial charge in [-0.2, -0.15) is 5.10 Å². The van der Waals surface area contributed by atoms with Gasteiger partial charge < -0.3 is 10.2 Å². The average Bonchev–Trinajstić information content (AvgIpc) is 3.25. The summed E-state index contributed by atoms with van der Waals surface area (Å²) in [5.41, 5.74) is 4.26. The van der Waals surface area contributed by atoms with Crippen LogP contribution >= 0.6 is 0 Å². The molecule has 1 aliphatic heterocycles. The Labute approximate surface area is 173 Å². The first-order chi connectivity index (χ1) is 13.9. The zero-order valence-corrected chi connectivity index (χ0v) is 17.9. The lowest BCUT2D eigenvalue weighted by Gasteiger charge is -2.23. The van der Waals surface area contributed by atoms with Gasteiger partial charge in [-0.25, -0.2) is 0 Å². The number of anilines is 1. The predicted molar refractivity (Wildman–Crippen MR) is 115 cm³/mol. The molecule has 2 aromatic rings. The van der Waals surface area contributed by atoms with E-state index >= 15 is 0 Å². The number of hydrogen-bond donors (Lipinski definition) is 1. The molecule has 156 valence electrons. The third kappa shape index (κ3) is 4.86. The highest BCUT2D eigenvalue weighted by Gasteiger charge is 2.36. The van der Waals surface area contributed by atoms with Crippen molar-refractivity contribution in [3.63, 3.8) is 0 Å². The van der Waals surface area contributed by atoms with E-state index in [1.807, 2.05) is 36.7 Å². The zero-order chi connectivity index (χ0) is 21.0. The quantitative estimate of drug-likeness (QED) is 0.694. The van der Waals surface area contributed by atoms with Gasteiger partial charge in [0.05, 0.1) is 11.6 Å². The molecule has 0 spiro atoms. The number of aryl methyl sites for hydroxylation is 3. The van der Waals surface area contributed by atoms with Gasteiger partial charge in [-0.3, -0.25) is 14.3 Å². The van der Waals surface area contributed by atoms with E-state index in [2.05, 4.69) is 36.4 Å². The molecular weight excluding hydrogens is 364 g/mol. The van der Waals surface area contributed by atoms with Gasteiger partial charge in [0.15, 0.2) is 0 Å². The summed E-state index contributed by atoms with van der Waals surface area (Å²) >= 11 is 0. The van der Waals surface area contributed by atoms with Gasteiger partial charge in [-0.1, -0.05) is 32.0 Å². The van der Waals surface area contributed by atoms with Crippen LogP contribution in [0.25, 0.3) is 0 Å². The minimum Gasteiger partial charge on any atom is -0.356 e. The van der Waals surface area contributed by atoms with Gasteiger partial charge in [0, 0.05) is 37.4 Å². The molecule has 2 atom stereocenters. The number of para-hydroxylation sites is 1. The van der Waals surface area contributed by atoms with Crippen LogP contribution in [0.4, 0.5) is 5.69 Å². The fourth-order valence-electron chi connectivity index (χ4n) is 3.97. The van der Waals surface area contributed by atoms with Crippen LogP contribution < -0.4 is 10.2 Å². The largest absolute Gasteiger partial charge is 0.356 e. The van der Waals surface area contributed by atoms with Crippen molar-refractivity contribution in [2.45, 2.75) is 59.4 Å². The maximum absolute atomic E-state index is 12.6. The fourth-order valence-corrected chi connectivity index (χ4v) is 3.97. The Hall–Kier alpha value is -2.63. The maximum atomic E-state index is 12.6. The number of aromatic nitrogens is 2.